The van der Waals surface area contributed by atoms with Gasteiger partial charge in [-0.05, 0) is 55.2 Å². The van der Waals surface area contributed by atoms with Crippen molar-refractivity contribution in [3.63, 3.8) is 0 Å². The van der Waals surface area contributed by atoms with Gasteiger partial charge in [-0.3, -0.25) is 4.79 Å². The SMILES string of the molecule is COc1cccc(CNC(=O)CC[C@H]2CCCN(c3ccnc(SC)n3)C2)c1. The van der Waals surface area contributed by atoms with Crippen LogP contribution in [-0.4, -0.2) is 42.3 Å². The highest BCUT2D eigenvalue weighted by molar-refractivity contribution is 7.98. The van der Waals surface area contributed by atoms with Crippen molar-refractivity contribution >= 4 is 23.5 Å². The molecule has 3 rings (SSSR count). The molecule has 1 aromatic carbocycles. The number of methoxy groups -OCH3 is 1. The third-order valence-electron chi connectivity index (χ3n) is 5.05. The number of thioether (sulfide) groups is 1. The standard InChI is InChI=1S/C21H28N4O2S/c1-27-18-7-3-5-17(13-18)14-23-20(26)9-8-16-6-4-12-25(15-16)19-10-11-22-21(24-19)28-2/h3,5,7,10-11,13,16H,4,6,8-9,12,14-15H2,1-2H3,(H,23,26)/t16-/m1/s1. The largest absolute Gasteiger partial charge is 0.497 e. The molecule has 1 N–H and O–H groups in total. The topological polar surface area (TPSA) is 67.3 Å². The zero-order valence-corrected chi connectivity index (χ0v) is 17.4. The molecule has 150 valence electrons. The van der Waals surface area contributed by atoms with E-state index >= 15 is 0 Å². The fraction of sp³-hybridized carbons (Fsp3) is 0.476. The molecule has 0 bridgehead atoms. The van der Waals surface area contributed by atoms with Gasteiger partial charge in [0.2, 0.25) is 5.91 Å². The average molecular weight is 401 g/mol. The first-order valence-corrected chi connectivity index (χ1v) is 10.9. The maximum absolute atomic E-state index is 12.3. The first kappa shape index (κ1) is 20.5. The second-order valence-electron chi connectivity index (χ2n) is 7.02. The van der Waals surface area contributed by atoms with Crippen LogP contribution in [0.5, 0.6) is 5.75 Å². The molecular weight excluding hydrogens is 372 g/mol. The van der Waals surface area contributed by atoms with Gasteiger partial charge in [0.05, 0.1) is 7.11 Å². The first-order chi connectivity index (χ1) is 13.7. The summed E-state index contributed by atoms with van der Waals surface area (Å²) >= 11 is 1.56. The molecule has 1 fully saturated rings. The summed E-state index contributed by atoms with van der Waals surface area (Å²) in [5.74, 6) is 2.42. The lowest BCUT2D eigenvalue weighted by Crippen LogP contribution is -2.36. The number of aromatic nitrogens is 2. The van der Waals surface area contributed by atoms with E-state index in [1.807, 2.05) is 42.8 Å². The normalized spacial score (nSPS) is 16.6. The fourth-order valence-corrected chi connectivity index (χ4v) is 3.87. The van der Waals surface area contributed by atoms with Gasteiger partial charge in [0, 0.05) is 32.3 Å². The molecule has 0 radical (unpaired) electrons. The molecule has 1 saturated heterocycles. The van der Waals surface area contributed by atoms with E-state index in [2.05, 4.69) is 20.2 Å². The van der Waals surface area contributed by atoms with Gasteiger partial charge in [-0.15, -0.1) is 0 Å². The molecule has 6 nitrogen and oxygen atoms in total. The lowest BCUT2D eigenvalue weighted by Gasteiger charge is -2.33. The van der Waals surface area contributed by atoms with Crippen molar-refractivity contribution in [2.24, 2.45) is 5.92 Å². The molecule has 0 spiro atoms. The fourth-order valence-electron chi connectivity index (χ4n) is 3.52. The van der Waals surface area contributed by atoms with Crippen LogP contribution in [0.15, 0.2) is 41.7 Å². The zero-order chi connectivity index (χ0) is 19.8. The Bertz CT molecular complexity index is 787. The van der Waals surface area contributed by atoms with Crippen LogP contribution >= 0.6 is 11.8 Å². The highest BCUT2D eigenvalue weighted by atomic mass is 32.2. The Morgan fingerprint density at radius 1 is 1.39 bits per heavy atom. The molecule has 1 amide bonds. The van der Waals surface area contributed by atoms with Crippen molar-refractivity contribution in [3.8, 4) is 5.75 Å². The Kier molecular flexibility index (Phi) is 7.54. The molecule has 2 aromatic rings. The number of nitrogens with one attached hydrogen (secondary N) is 1. The molecule has 1 atom stereocenters. The number of hydrogen-bond acceptors (Lipinski definition) is 6. The van der Waals surface area contributed by atoms with Crippen molar-refractivity contribution in [1.82, 2.24) is 15.3 Å². The highest BCUT2D eigenvalue weighted by Gasteiger charge is 2.22. The zero-order valence-electron chi connectivity index (χ0n) is 16.6. The third-order valence-corrected chi connectivity index (χ3v) is 5.61. The summed E-state index contributed by atoms with van der Waals surface area (Å²) < 4.78 is 5.22. The lowest BCUT2D eigenvalue weighted by atomic mass is 9.93. The molecule has 0 unspecified atom stereocenters. The monoisotopic (exact) mass is 400 g/mol. The molecule has 2 heterocycles. The second-order valence-corrected chi connectivity index (χ2v) is 7.80. The van der Waals surface area contributed by atoms with Gasteiger partial charge in [0.1, 0.15) is 11.6 Å². The first-order valence-electron chi connectivity index (χ1n) is 9.69. The van der Waals surface area contributed by atoms with Gasteiger partial charge in [-0.2, -0.15) is 0 Å². The Balaban J connectivity index is 1.45. The van der Waals surface area contributed by atoms with E-state index in [1.54, 1.807) is 18.9 Å². The van der Waals surface area contributed by atoms with Gasteiger partial charge in [-0.25, -0.2) is 9.97 Å². The van der Waals surface area contributed by atoms with Crippen LogP contribution in [0, 0.1) is 5.92 Å². The van der Waals surface area contributed by atoms with Crippen molar-refractivity contribution in [3.05, 3.63) is 42.1 Å². The van der Waals surface area contributed by atoms with Crippen molar-refractivity contribution in [2.75, 3.05) is 31.4 Å². The van der Waals surface area contributed by atoms with E-state index in [-0.39, 0.29) is 5.91 Å². The van der Waals surface area contributed by atoms with Crippen LogP contribution in [-0.2, 0) is 11.3 Å². The van der Waals surface area contributed by atoms with Gasteiger partial charge in [0.25, 0.3) is 0 Å². The molecule has 1 aliphatic heterocycles. The van der Waals surface area contributed by atoms with E-state index in [9.17, 15) is 4.79 Å². The van der Waals surface area contributed by atoms with Crippen LogP contribution in [0.25, 0.3) is 0 Å². The Morgan fingerprint density at radius 2 is 2.29 bits per heavy atom. The maximum atomic E-state index is 12.3. The van der Waals surface area contributed by atoms with Crippen molar-refractivity contribution < 1.29 is 9.53 Å². The van der Waals surface area contributed by atoms with Gasteiger partial charge in [-0.1, -0.05) is 23.9 Å². The third kappa shape index (κ3) is 5.86. The number of nitrogens with zero attached hydrogens (tertiary/aromatic N) is 3. The Labute approximate surface area is 171 Å². The summed E-state index contributed by atoms with van der Waals surface area (Å²) in [7, 11) is 1.65. The predicted molar refractivity (Wildman–Crippen MR) is 113 cm³/mol. The van der Waals surface area contributed by atoms with Crippen LogP contribution in [0.4, 0.5) is 5.82 Å². The van der Waals surface area contributed by atoms with Gasteiger partial charge in [0.15, 0.2) is 5.16 Å². The van der Waals surface area contributed by atoms with E-state index in [1.165, 1.54) is 6.42 Å². The minimum atomic E-state index is 0.103. The van der Waals surface area contributed by atoms with Crippen molar-refractivity contribution in [1.29, 1.82) is 0 Å². The molecular formula is C21H28N4O2S. The minimum Gasteiger partial charge on any atom is -0.497 e. The number of rotatable bonds is 8. The molecule has 1 aliphatic rings. The number of piperidine rings is 1. The lowest BCUT2D eigenvalue weighted by molar-refractivity contribution is -0.121. The molecule has 0 saturated carbocycles. The molecule has 28 heavy (non-hydrogen) atoms. The molecule has 0 aliphatic carbocycles. The number of amides is 1. The summed E-state index contributed by atoms with van der Waals surface area (Å²) in [6.45, 7) is 2.50. The van der Waals surface area contributed by atoms with E-state index in [4.69, 9.17) is 4.74 Å². The van der Waals surface area contributed by atoms with Crippen LogP contribution in [0.1, 0.15) is 31.2 Å². The number of carbonyl (C=O) groups is 1. The van der Waals surface area contributed by atoms with Gasteiger partial charge >= 0.3 is 0 Å². The Morgan fingerprint density at radius 3 is 3.11 bits per heavy atom. The highest BCUT2D eigenvalue weighted by Crippen LogP contribution is 2.25. The van der Waals surface area contributed by atoms with Gasteiger partial charge < -0.3 is 15.0 Å². The summed E-state index contributed by atoms with van der Waals surface area (Å²) in [6.07, 6.45) is 7.57. The quantitative estimate of drug-likeness (QED) is 0.540. The number of benzene rings is 1. The minimum absolute atomic E-state index is 0.103. The second kappa shape index (κ2) is 10.3. The Hall–Kier alpha value is -2.28. The number of hydrogen-bond donors (Lipinski definition) is 1. The number of ether oxygens (including phenoxy) is 1. The van der Waals surface area contributed by atoms with E-state index < -0.39 is 0 Å². The van der Waals surface area contributed by atoms with E-state index in [0.717, 1.165) is 48.2 Å². The summed E-state index contributed by atoms with van der Waals surface area (Å²) in [6, 6.07) is 9.76. The predicted octanol–water partition coefficient (Wildman–Crippen LogP) is 3.52. The summed E-state index contributed by atoms with van der Waals surface area (Å²) in [5, 5.41) is 3.82. The molecule has 7 heteroatoms. The number of carbonyl (C=O) groups excluding carboxylic acids is 1. The van der Waals surface area contributed by atoms with Crippen molar-refractivity contribution in [2.45, 2.75) is 37.4 Å². The van der Waals surface area contributed by atoms with Crippen LogP contribution in [0.3, 0.4) is 0 Å². The smallest absolute Gasteiger partial charge is 0.220 e. The number of anilines is 1. The maximum Gasteiger partial charge on any atom is 0.220 e. The van der Waals surface area contributed by atoms with Crippen LogP contribution in [0.2, 0.25) is 0 Å². The van der Waals surface area contributed by atoms with Crippen LogP contribution < -0.4 is 15.0 Å². The summed E-state index contributed by atoms with van der Waals surface area (Å²) in [4.78, 5) is 23.5. The van der Waals surface area contributed by atoms with E-state index in [0.29, 0.717) is 18.9 Å². The summed E-state index contributed by atoms with van der Waals surface area (Å²) in [5.41, 5.74) is 1.05. The molecule has 1 aromatic heterocycles. The average Bonchev–Trinajstić information content (AvgIpc) is 2.76.